The Hall–Kier alpha value is -1.38. The maximum Gasteiger partial charge on any atom is 0.148 e. The van der Waals surface area contributed by atoms with E-state index in [4.69, 9.17) is 4.74 Å². The second-order valence-electron chi connectivity index (χ2n) is 3.10. The Kier molecular flexibility index (Phi) is 1.79. The van der Waals surface area contributed by atoms with Gasteiger partial charge in [-0.2, -0.15) is 0 Å². The number of hydrogen-bond acceptors (Lipinski definition) is 2. The van der Waals surface area contributed by atoms with Crippen LogP contribution in [0, 0.1) is 12.7 Å². The molecule has 0 N–H and O–H groups in total. The van der Waals surface area contributed by atoms with Gasteiger partial charge in [0.1, 0.15) is 17.3 Å². The minimum absolute atomic E-state index is 0.326. The molecule has 0 aliphatic carbocycles. The monoisotopic (exact) mass is 179 g/mol. The van der Waals surface area contributed by atoms with Gasteiger partial charge in [-0.3, -0.25) is 0 Å². The Morgan fingerprint density at radius 1 is 1.62 bits per heavy atom. The summed E-state index contributed by atoms with van der Waals surface area (Å²) in [5.74, 6) is 0.188. The van der Waals surface area contributed by atoms with E-state index in [2.05, 4.69) is 11.6 Å². The summed E-state index contributed by atoms with van der Waals surface area (Å²) in [5, 5.41) is 0. The molecule has 0 aromatic carbocycles. The summed E-state index contributed by atoms with van der Waals surface area (Å²) < 4.78 is 18.3. The minimum Gasteiger partial charge on any atom is -0.491 e. The van der Waals surface area contributed by atoms with Gasteiger partial charge in [0.15, 0.2) is 0 Å². The number of halogens is 1. The number of aromatic nitrogens is 1. The number of ether oxygens (including phenoxy) is 1. The fourth-order valence-electron chi connectivity index (χ4n) is 1.33. The van der Waals surface area contributed by atoms with Crippen molar-refractivity contribution in [2.45, 2.75) is 13.3 Å². The Bertz CT molecular complexity index is 373. The van der Waals surface area contributed by atoms with Crippen LogP contribution in [0.4, 0.5) is 4.39 Å². The van der Waals surface area contributed by atoms with Gasteiger partial charge in [0.25, 0.3) is 0 Å². The third-order valence-corrected chi connectivity index (χ3v) is 2.11. The zero-order valence-corrected chi connectivity index (χ0v) is 7.43. The lowest BCUT2D eigenvalue weighted by atomic mass is 10.1. The fraction of sp³-hybridized carbons (Fsp3) is 0.300. The molecule has 0 radical (unpaired) electrons. The zero-order valence-electron chi connectivity index (χ0n) is 7.43. The second-order valence-corrected chi connectivity index (χ2v) is 3.10. The van der Waals surface area contributed by atoms with Gasteiger partial charge in [-0.25, -0.2) is 9.37 Å². The van der Waals surface area contributed by atoms with Gasteiger partial charge in [0.05, 0.1) is 12.3 Å². The Balaban J connectivity index is 2.58. The lowest BCUT2D eigenvalue weighted by Gasteiger charge is -2.18. The maximum atomic E-state index is 13.1. The van der Waals surface area contributed by atoms with E-state index in [0.29, 0.717) is 23.7 Å². The quantitative estimate of drug-likeness (QED) is 0.609. The fourth-order valence-corrected chi connectivity index (χ4v) is 1.33. The van der Waals surface area contributed by atoms with Crippen LogP contribution < -0.4 is 4.74 Å². The van der Waals surface area contributed by atoms with Crippen LogP contribution in [0.15, 0.2) is 12.6 Å². The van der Waals surface area contributed by atoms with E-state index in [1.165, 1.54) is 6.07 Å². The molecule has 68 valence electrons. The number of fused-ring (bicyclic) bond motifs is 1. The van der Waals surface area contributed by atoms with E-state index in [0.717, 1.165) is 12.0 Å². The third kappa shape index (κ3) is 1.30. The lowest BCUT2D eigenvalue weighted by Crippen LogP contribution is -2.10. The molecule has 0 saturated carbocycles. The molecular weight excluding hydrogens is 169 g/mol. The topological polar surface area (TPSA) is 22.1 Å². The van der Waals surface area contributed by atoms with Crippen molar-refractivity contribution >= 4 is 5.57 Å². The second kappa shape index (κ2) is 2.83. The smallest absolute Gasteiger partial charge is 0.148 e. The molecule has 13 heavy (non-hydrogen) atoms. The molecule has 0 spiro atoms. The lowest BCUT2D eigenvalue weighted by molar-refractivity contribution is 0.312. The van der Waals surface area contributed by atoms with Crippen molar-refractivity contribution in [3.63, 3.8) is 0 Å². The first kappa shape index (κ1) is 8.23. The number of hydrogen-bond donors (Lipinski definition) is 0. The average Bonchev–Trinajstić information content (AvgIpc) is 2.09. The van der Waals surface area contributed by atoms with Crippen LogP contribution in [0.1, 0.15) is 17.8 Å². The highest BCUT2D eigenvalue weighted by atomic mass is 19.1. The van der Waals surface area contributed by atoms with Gasteiger partial charge in [0, 0.05) is 12.5 Å². The summed E-state index contributed by atoms with van der Waals surface area (Å²) in [6.45, 7) is 6.06. The van der Waals surface area contributed by atoms with Gasteiger partial charge in [-0.05, 0) is 12.5 Å². The minimum atomic E-state index is -0.326. The molecule has 2 nitrogen and oxygen atoms in total. The zero-order chi connectivity index (χ0) is 9.42. The van der Waals surface area contributed by atoms with Crippen LogP contribution in [0.25, 0.3) is 5.57 Å². The summed E-state index contributed by atoms with van der Waals surface area (Å²) in [6.07, 6.45) is 0.769. The van der Waals surface area contributed by atoms with Crippen molar-refractivity contribution in [2.24, 2.45) is 0 Å². The summed E-state index contributed by atoms with van der Waals surface area (Å²) in [6, 6.07) is 1.38. The molecule has 2 heterocycles. The van der Waals surface area contributed by atoms with Gasteiger partial charge < -0.3 is 4.74 Å². The van der Waals surface area contributed by atoms with E-state index in [1.807, 2.05) is 0 Å². The van der Waals surface area contributed by atoms with Gasteiger partial charge in [0.2, 0.25) is 0 Å². The van der Waals surface area contributed by atoms with Gasteiger partial charge in [-0.15, -0.1) is 0 Å². The van der Waals surface area contributed by atoms with Crippen molar-refractivity contribution in [3.8, 4) is 5.75 Å². The standard InChI is InChI=1S/C10H10FNO/c1-6-3-4-13-9-5-8(11)7(2)12-10(6)9/h5H,1,3-4H2,2H3. The molecule has 1 aromatic heterocycles. The molecule has 0 fully saturated rings. The number of nitrogens with zero attached hydrogens (tertiary/aromatic N) is 1. The van der Waals surface area contributed by atoms with Crippen LogP contribution in [0.3, 0.4) is 0 Å². The highest BCUT2D eigenvalue weighted by molar-refractivity contribution is 5.67. The molecule has 0 atom stereocenters. The molecule has 0 saturated heterocycles. The molecule has 0 unspecified atom stereocenters. The van der Waals surface area contributed by atoms with E-state index in [1.54, 1.807) is 6.92 Å². The molecule has 1 aliphatic rings. The number of rotatable bonds is 0. The normalized spacial score (nSPS) is 15.1. The first-order valence-corrected chi connectivity index (χ1v) is 4.16. The Labute approximate surface area is 76.1 Å². The number of aryl methyl sites for hydroxylation is 1. The predicted octanol–water partition coefficient (Wildman–Crippen LogP) is 2.32. The molecular formula is C10H10FNO. The average molecular weight is 179 g/mol. The Morgan fingerprint density at radius 3 is 3.15 bits per heavy atom. The van der Waals surface area contributed by atoms with Crippen molar-refractivity contribution < 1.29 is 9.13 Å². The van der Waals surface area contributed by atoms with Crippen LogP contribution in [-0.4, -0.2) is 11.6 Å². The summed E-state index contributed by atoms with van der Waals surface area (Å²) >= 11 is 0. The van der Waals surface area contributed by atoms with E-state index in [-0.39, 0.29) is 5.82 Å². The Morgan fingerprint density at radius 2 is 2.38 bits per heavy atom. The first-order valence-electron chi connectivity index (χ1n) is 4.16. The maximum absolute atomic E-state index is 13.1. The highest BCUT2D eigenvalue weighted by Crippen LogP contribution is 2.30. The molecule has 1 aromatic rings. The van der Waals surface area contributed by atoms with Gasteiger partial charge in [-0.1, -0.05) is 6.58 Å². The van der Waals surface area contributed by atoms with Crippen molar-refractivity contribution in [1.29, 1.82) is 0 Å². The molecule has 0 amide bonds. The molecule has 1 aliphatic heterocycles. The predicted molar refractivity (Wildman–Crippen MR) is 48.1 cm³/mol. The first-order chi connectivity index (χ1) is 6.18. The van der Waals surface area contributed by atoms with Gasteiger partial charge >= 0.3 is 0 Å². The summed E-state index contributed by atoms with van der Waals surface area (Å²) in [5.41, 5.74) is 2.01. The van der Waals surface area contributed by atoms with Crippen molar-refractivity contribution in [2.75, 3.05) is 6.61 Å². The summed E-state index contributed by atoms with van der Waals surface area (Å²) in [7, 11) is 0. The van der Waals surface area contributed by atoms with Crippen LogP contribution in [0.2, 0.25) is 0 Å². The van der Waals surface area contributed by atoms with E-state index in [9.17, 15) is 4.39 Å². The summed E-state index contributed by atoms with van der Waals surface area (Å²) in [4.78, 5) is 4.09. The van der Waals surface area contributed by atoms with Crippen LogP contribution in [-0.2, 0) is 0 Å². The van der Waals surface area contributed by atoms with E-state index < -0.39 is 0 Å². The molecule has 2 rings (SSSR count). The van der Waals surface area contributed by atoms with Crippen LogP contribution >= 0.6 is 0 Å². The largest absolute Gasteiger partial charge is 0.491 e. The SMILES string of the molecule is C=C1CCOc2cc(F)c(C)nc21. The highest BCUT2D eigenvalue weighted by Gasteiger charge is 2.17. The van der Waals surface area contributed by atoms with Crippen LogP contribution in [0.5, 0.6) is 5.75 Å². The van der Waals surface area contributed by atoms with Crippen molar-refractivity contribution in [1.82, 2.24) is 4.98 Å². The van der Waals surface area contributed by atoms with E-state index >= 15 is 0 Å². The number of pyridine rings is 1. The van der Waals surface area contributed by atoms with Crippen molar-refractivity contribution in [3.05, 3.63) is 29.9 Å². The molecule has 3 heteroatoms. The third-order valence-electron chi connectivity index (χ3n) is 2.11. The molecule has 0 bridgehead atoms.